The molecule has 1 saturated carbocycles. The molecule has 2 fully saturated rings. The number of amides is 1. The Hall–Kier alpha value is -1.56. The number of guanidine groups is 1. The summed E-state index contributed by atoms with van der Waals surface area (Å²) in [5.41, 5.74) is 0. The Labute approximate surface area is 140 Å². The molecule has 0 unspecified atom stereocenters. The predicted molar refractivity (Wildman–Crippen MR) is 94.5 cm³/mol. The van der Waals surface area contributed by atoms with Gasteiger partial charge in [0.15, 0.2) is 5.96 Å². The van der Waals surface area contributed by atoms with Crippen LogP contribution in [0.25, 0.3) is 0 Å². The standard InChI is InChI=1S/C17H31N5O/c1-3-8-19-17(18-2)20-9-10-21-11-13-22(14-12-21)16(23)15-6-4-5-7-15/h3,15H,1,4-14H2,2H3,(H2,18,19,20). The molecule has 0 aromatic carbocycles. The average molecular weight is 321 g/mol. The molecule has 0 spiro atoms. The molecule has 1 saturated heterocycles. The molecule has 0 atom stereocenters. The van der Waals surface area contributed by atoms with Gasteiger partial charge in [-0.2, -0.15) is 0 Å². The van der Waals surface area contributed by atoms with Gasteiger partial charge in [0, 0.05) is 58.8 Å². The molecule has 0 radical (unpaired) electrons. The van der Waals surface area contributed by atoms with Crippen molar-refractivity contribution in [1.29, 1.82) is 0 Å². The minimum atomic E-state index is 0.308. The molecule has 1 amide bonds. The third-order valence-electron chi connectivity index (χ3n) is 4.75. The Morgan fingerprint density at radius 2 is 1.91 bits per heavy atom. The van der Waals surface area contributed by atoms with Gasteiger partial charge in [-0.1, -0.05) is 18.9 Å². The highest BCUT2D eigenvalue weighted by atomic mass is 16.2. The fourth-order valence-corrected chi connectivity index (χ4v) is 3.34. The lowest BCUT2D eigenvalue weighted by Crippen LogP contribution is -2.51. The first kappa shape index (κ1) is 17.8. The SMILES string of the molecule is C=CCNC(=NC)NCCN1CCN(C(=O)C2CCCC2)CC1. The van der Waals surface area contributed by atoms with Crippen molar-refractivity contribution < 1.29 is 4.79 Å². The monoisotopic (exact) mass is 321 g/mol. The zero-order valence-electron chi connectivity index (χ0n) is 14.4. The second-order valence-electron chi connectivity index (χ2n) is 6.32. The third-order valence-corrected chi connectivity index (χ3v) is 4.75. The molecule has 130 valence electrons. The highest BCUT2D eigenvalue weighted by Gasteiger charge is 2.29. The Balaban J connectivity index is 1.62. The molecule has 0 aromatic rings. The van der Waals surface area contributed by atoms with Crippen LogP contribution in [-0.4, -0.2) is 74.5 Å². The van der Waals surface area contributed by atoms with E-state index in [-0.39, 0.29) is 0 Å². The van der Waals surface area contributed by atoms with Gasteiger partial charge in [-0.3, -0.25) is 14.7 Å². The minimum absolute atomic E-state index is 0.308. The van der Waals surface area contributed by atoms with Crippen molar-refractivity contribution in [3.05, 3.63) is 12.7 Å². The maximum atomic E-state index is 12.4. The quantitative estimate of drug-likeness (QED) is 0.429. The summed E-state index contributed by atoms with van der Waals surface area (Å²) in [4.78, 5) is 21.1. The number of hydrogen-bond acceptors (Lipinski definition) is 3. The van der Waals surface area contributed by atoms with Crippen molar-refractivity contribution >= 4 is 11.9 Å². The second kappa shape index (κ2) is 9.55. The van der Waals surface area contributed by atoms with E-state index in [2.05, 4.69) is 32.0 Å². The smallest absolute Gasteiger partial charge is 0.225 e. The molecular weight excluding hydrogens is 290 g/mol. The van der Waals surface area contributed by atoms with Gasteiger partial charge in [0.05, 0.1) is 0 Å². The first-order valence-corrected chi connectivity index (χ1v) is 8.81. The maximum Gasteiger partial charge on any atom is 0.225 e. The van der Waals surface area contributed by atoms with Gasteiger partial charge < -0.3 is 15.5 Å². The van der Waals surface area contributed by atoms with E-state index in [9.17, 15) is 4.79 Å². The zero-order valence-corrected chi connectivity index (χ0v) is 14.4. The van der Waals surface area contributed by atoms with Crippen LogP contribution >= 0.6 is 0 Å². The third kappa shape index (κ3) is 5.53. The van der Waals surface area contributed by atoms with E-state index < -0.39 is 0 Å². The summed E-state index contributed by atoms with van der Waals surface area (Å²) in [6.07, 6.45) is 6.46. The Morgan fingerprint density at radius 1 is 1.22 bits per heavy atom. The van der Waals surface area contributed by atoms with Crippen LogP contribution in [0.3, 0.4) is 0 Å². The maximum absolute atomic E-state index is 12.4. The van der Waals surface area contributed by atoms with Crippen molar-refractivity contribution in [3.63, 3.8) is 0 Å². The molecule has 2 rings (SSSR count). The lowest BCUT2D eigenvalue weighted by atomic mass is 10.1. The molecule has 6 heteroatoms. The van der Waals surface area contributed by atoms with Crippen LogP contribution in [0.15, 0.2) is 17.6 Å². The number of aliphatic imine (C=N–C) groups is 1. The fourth-order valence-electron chi connectivity index (χ4n) is 3.34. The summed E-state index contributed by atoms with van der Waals surface area (Å²) >= 11 is 0. The minimum Gasteiger partial charge on any atom is -0.355 e. The van der Waals surface area contributed by atoms with E-state index in [1.54, 1.807) is 7.05 Å². The van der Waals surface area contributed by atoms with E-state index in [1.165, 1.54) is 12.8 Å². The first-order valence-electron chi connectivity index (χ1n) is 8.81. The van der Waals surface area contributed by atoms with E-state index in [0.717, 1.165) is 58.1 Å². The van der Waals surface area contributed by atoms with Crippen molar-refractivity contribution in [2.24, 2.45) is 10.9 Å². The molecule has 2 N–H and O–H groups in total. The second-order valence-corrected chi connectivity index (χ2v) is 6.32. The summed E-state index contributed by atoms with van der Waals surface area (Å²) in [6, 6.07) is 0. The number of carbonyl (C=O) groups excluding carboxylic acids is 1. The Morgan fingerprint density at radius 3 is 2.52 bits per heavy atom. The number of nitrogens with zero attached hydrogens (tertiary/aromatic N) is 3. The van der Waals surface area contributed by atoms with E-state index in [0.29, 0.717) is 18.4 Å². The lowest BCUT2D eigenvalue weighted by molar-refractivity contribution is -0.137. The molecule has 0 aromatic heterocycles. The van der Waals surface area contributed by atoms with Gasteiger partial charge in [-0.25, -0.2) is 0 Å². The number of hydrogen-bond donors (Lipinski definition) is 2. The summed E-state index contributed by atoms with van der Waals surface area (Å²) in [7, 11) is 1.77. The van der Waals surface area contributed by atoms with E-state index in [1.807, 2.05) is 6.08 Å². The number of carbonyl (C=O) groups is 1. The fraction of sp³-hybridized carbons (Fsp3) is 0.765. The summed E-state index contributed by atoms with van der Waals surface area (Å²) in [5.74, 6) is 1.51. The molecule has 1 heterocycles. The van der Waals surface area contributed by atoms with Crippen LogP contribution in [0, 0.1) is 5.92 Å². The molecule has 2 aliphatic rings. The molecule has 1 aliphatic carbocycles. The highest BCUT2D eigenvalue weighted by molar-refractivity contribution is 5.80. The zero-order chi connectivity index (χ0) is 16.5. The number of piperazine rings is 1. The van der Waals surface area contributed by atoms with Crippen LogP contribution in [-0.2, 0) is 4.79 Å². The van der Waals surface area contributed by atoms with Gasteiger partial charge >= 0.3 is 0 Å². The van der Waals surface area contributed by atoms with Crippen LogP contribution in [0.2, 0.25) is 0 Å². The topological polar surface area (TPSA) is 60.0 Å². The van der Waals surface area contributed by atoms with Crippen LogP contribution < -0.4 is 10.6 Å². The molecule has 0 bridgehead atoms. The van der Waals surface area contributed by atoms with Gasteiger partial charge in [0.2, 0.25) is 5.91 Å². The van der Waals surface area contributed by atoms with E-state index >= 15 is 0 Å². The molecule has 1 aliphatic heterocycles. The summed E-state index contributed by atoms with van der Waals surface area (Å²) < 4.78 is 0. The van der Waals surface area contributed by atoms with Gasteiger partial charge in [0.25, 0.3) is 0 Å². The first-order chi connectivity index (χ1) is 11.2. The molecular formula is C17H31N5O. The van der Waals surface area contributed by atoms with Gasteiger partial charge in [-0.05, 0) is 12.8 Å². The normalized spacial score (nSPS) is 20.6. The van der Waals surface area contributed by atoms with E-state index in [4.69, 9.17) is 0 Å². The largest absolute Gasteiger partial charge is 0.355 e. The lowest BCUT2D eigenvalue weighted by Gasteiger charge is -2.36. The predicted octanol–water partition coefficient (Wildman–Crippen LogP) is 0.672. The van der Waals surface area contributed by atoms with Crippen LogP contribution in [0.5, 0.6) is 0 Å². The number of nitrogens with one attached hydrogen (secondary N) is 2. The van der Waals surface area contributed by atoms with Gasteiger partial charge in [-0.15, -0.1) is 6.58 Å². The van der Waals surface area contributed by atoms with Crippen molar-refractivity contribution in [2.45, 2.75) is 25.7 Å². The number of rotatable bonds is 6. The highest BCUT2D eigenvalue weighted by Crippen LogP contribution is 2.26. The average Bonchev–Trinajstić information content (AvgIpc) is 3.12. The Bertz CT molecular complexity index is 409. The van der Waals surface area contributed by atoms with Crippen LogP contribution in [0.1, 0.15) is 25.7 Å². The Kier molecular flexibility index (Phi) is 7.39. The van der Waals surface area contributed by atoms with Crippen molar-refractivity contribution in [2.75, 3.05) is 52.9 Å². The molecule has 23 heavy (non-hydrogen) atoms. The van der Waals surface area contributed by atoms with Gasteiger partial charge in [0.1, 0.15) is 0 Å². The molecule has 6 nitrogen and oxygen atoms in total. The van der Waals surface area contributed by atoms with Crippen molar-refractivity contribution in [1.82, 2.24) is 20.4 Å². The van der Waals surface area contributed by atoms with Crippen molar-refractivity contribution in [3.8, 4) is 0 Å². The summed E-state index contributed by atoms with van der Waals surface area (Å²) in [5, 5.41) is 6.46. The summed E-state index contributed by atoms with van der Waals surface area (Å²) in [6.45, 7) is 9.91. The van der Waals surface area contributed by atoms with Crippen LogP contribution in [0.4, 0.5) is 0 Å².